The van der Waals surface area contributed by atoms with Gasteiger partial charge in [0.05, 0.1) is 10.6 Å². The standard InChI is InChI=1S/C23H25ClN2O4/c1-15(27)16-6-5-9-19(12-16)30-14-22(28)25-18-10-11-21(24)20(13-18)23(29)26-17-7-3-2-4-8-17/h5-6,9-13,17H,2-4,7-8,14H2,1H3,(H,25,28)(H,26,29). The Labute approximate surface area is 180 Å². The number of halogens is 1. The predicted octanol–water partition coefficient (Wildman–Crippen LogP) is 4.62. The molecule has 1 aliphatic rings. The van der Waals surface area contributed by atoms with Gasteiger partial charge in [-0.15, -0.1) is 0 Å². The van der Waals surface area contributed by atoms with Crippen molar-refractivity contribution < 1.29 is 19.1 Å². The lowest BCUT2D eigenvalue weighted by atomic mass is 9.95. The van der Waals surface area contributed by atoms with Gasteiger partial charge in [-0.25, -0.2) is 0 Å². The van der Waals surface area contributed by atoms with Gasteiger partial charge in [-0.3, -0.25) is 14.4 Å². The van der Waals surface area contributed by atoms with Crippen LogP contribution in [0.2, 0.25) is 5.02 Å². The van der Waals surface area contributed by atoms with Gasteiger partial charge < -0.3 is 15.4 Å². The molecular weight excluding hydrogens is 404 g/mol. The van der Waals surface area contributed by atoms with Gasteiger partial charge in [0.2, 0.25) is 0 Å². The lowest BCUT2D eigenvalue weighted by Gasteiger charge is -2.23. The van der Waals surface area contributed by atoms with Gasteiger partial charge in [-0.1, -0.05) is 43.0 Å². The minimum Gasteiger partial charge on any atom is -0.484 e. The number of nitrogens with one attached hydrogen (secondary N) is 2. The van der Waals surface area contributed by atoms with Crippen molar-refractivity contribution in [3.05, 3.63) is 58.6 Å². The van der Waals surface area contributed by atoms with E-state index in [0.717, 1.165) is 25.7 Å². The summed E-state index contributed by atoms with van der Waals surface area (Å²) in [5.74, 6) is -0.268. The summed E-state index contributed by atoms with van der Waals surface area (Å²) in [6.45, 7) is 1.24. The molecule has 0 atom stereocenters. The number of anilines is 1. The minimum absolute atomic E-state index is 0.0786. The normalized spacial score (nSPS) is 14.1. The van der Waals surface area contributed by atoms with Crippen molar-refractivity contribution >= 4 is 34.9 Å². The summed E-state index contributed by atoms with van der Waals surface area (Å²) in [4.78, 5) is 36.3. The lowest BCUT2D eigenvalue weighted by Crippen LogP contribution is -2.36. The number of hydrogen-bond donors (Lipinski definition) is 2. The predicted molar refractivity (Wildman–Crippen MR) is 116 cm³/mol. The van der Waals surface area contributed by atoms with Crippen molar-refractivity contribution in [1.29, 1.82) is 0 Å². The molecule has 0 unspecified atom stereocenters. The van der Waals surface area contributed by atoms with Crippen LogP contribution in [0.3, 0.4) is 0 Å². The van der Waals surface area contributed by atoms with Crippen molar-refractivity contribution in [2.24, 2.45) is 0 Å². The Morgan fingerprint density at radius 1 is 1.07 bits per heavy atom. The molecule has 158 valence electrons. The van der Waals surface area contributed by atoms with E-state index in [9.17, 15) is 14.4 Å². The second-order valence-corrected chi connectivity index (χ2v) is 7.83. The molecule has 1 aliphatic carbocycles. The Balaban J connectivity index is 1.58. The average molecular weight is 429 g/mol. The molecule has 0 radical (unpaired) electrons. The third kappa shape index (κ3) is 6.07. The zero-order valence-corrected chi connectivity index (χ0v) is 17.6. The molecule has 2 aromatic carbocycles. The van der Waals surface area contributed by atoms with E-state index in [4.69, 9.17) is 16.3 Å². The van der Waals surface area contributed by atoms with Crippen LogP contribution in [-0.4, -0.2) is 30.2 Å². The number of rotatable bonds is 7. The Morgan fingerprint density at radius 2 is 1.83 bits per heavy atom. The molecule has 1 fully saturated rings. The second-order valence-electron chi connectivity index (χ2n) is 7.42. The molecule has 2 N–H and O–H groups in total. The van der Waals surface area contributed by atoms with Gasteiger partial charge in [-0.05, 0) is 50.1 Å². The smallest absolute Gasteiger partial charge is 0.262 e. The van der Waals surface area contributed by atoms with Crippen LogP contribution >= 0.6 is 11.6 Å². The fraction of sp³-hybridized carbons (Fsp3) is 0.348. The van der Waals surface area contributed by atoms with Gasteiger partial charge >= 0.3 is 0 Å². The van der Waals surface area contributed by atoms with Crippen LogP contribution in [0, 0.1) is 0 Å². The number of hydrogen-bond acceptors (Lipinski definition) is 4. The monoisotopic (exact) mass is 428 g/mol. The van der Waals surface area contributed by atoms with Crippen LogP contribution in [0.15, 0.2) is 42.5 Å². The number of carbonyl (C=O) groups is 3. The molecule has 2 amide bonds. The molecule has 0 bridgehead atoms. The zero-order valence-electron chi connectivity index (χ0n) is 16.9. The molecule has 7 heteroatoms. The Hall–Kier alpha value is -2.86. The number of carbonyl (C=O) groups excluding carboxylic acids is 3. The molecule has 1 saturated carbocycles. The number of Topliss-reactive ketones (excluding diaryl/α,β-unsaturated/α-hetero) is 1. The Morgan fingerprint density at radius 3 is 2.57 bits per heavy atom. The quantitative estimate of drug-likeness (QED) is 0.630. The van der Waals surface area contributed by atoms with Gasteiger partial charge in [-0.2, -0.15) is 0 Å². The van der Waals surface area contributed by atoms with Crippen molar-refractivity contribution in [3.63, 3.8) is 0 Å². The van der Waals surface area contributed by atoms with Crippen LogP contribution in [-0.2, 0) is 4.79 Å². The second kappa shape index (κ2) is 10.3. The third-order valence-electron chi connectivity index (χ3n) is 5.05. The van der Waals surface area contributed by atoms with Gasteiger partial charge in [0.15, 0.2) is 12.4 Å². The highest BCUT2D eigenvalue weighted by Gasteiger charge is 2.19. The number of benzene rings is 2. The molecule has 0 saturated heterocycles. The molecule has 0 aliphatic heterocycles. The summed E-state index contributed by atoms with van der Waals surface area (Å²) in [5.41, 5.74) is 1.30. The van der Waals surface area contributed by atoms with E-state index in [1.54, 1.807) is 42.5 Å². The first kappa shape index (κ1) is 21.8. The summed E-state index contributed by atoms with van der Waals surface area (Å²) >= 11 is 6.20. The zero-order chi connectivity index (χ0) is 21.5. The van der Waals surface area contributed by atoms with Crippen molar-refractivity contribution in [2.45, 2.75) is 45.1 Å². The van der Waals surface area contributed by atoms with Crippen molar-refractivity contribution in [3.8, 4) is 5.75 Å². The maximum absolute atomic E-state index is 12.6. The van der Waals surface area contributed by atoms with E-state index >= 15 is 0 Å². The van der Waals surface area contributed by atoms with E-state index < -0.39 is 0 Å². The Bertz CT molecular complexity index is 939. The highest BCUT2D eigenvalue weighted by atomic mass is 35.5. The molecular formula is C23H25ClN2O4. The minimum atomic E-state index is -0.385. The van der Waals surface area contributed by atoms with Crippen LogP contribution in [0.1, 0.15) is 59.7 Å². The average Bonchev–Trinajstić information content (AvgIpc) is 2.74. The first-order valence-electron chi connectivity index (χ1n) is 10.1. The first-order chi connectivity index (χ1) is 14.4. The molecule has 0 spiro atoms. The largest absolute Gasteiger partial charge is 0.484 e. The van der Waals surface area contributed by atoms with E-state index in [-0.39, 0.29) is 30.2 Å². The molecule has 0 heterocycles. The first-order valence-corrected chi connectivity index (χ1v) is 10.4. The van der Waals surface area contributed by atoms with Crippen LogP contribution < -0.4 is 15.4 Å². The van der Waals surface area contributed by atoms with E-state index in [1.807, 2.05) is 0 Å². The molecule has 30 heavy (non-hydrogen) atoms. The van der Waals surface area contributed by atoms with E-state index in [1.165, 1.54) is 13.3 Å². The van der Waals surface area contributed by atoms with Gasteiger partial charge in [0, 0.05) is 17.3 Å². The molecule has 6 nitrogen and oxygen atoms in total. The summed E-state index contributed by atoms with van der Waals surface area (Å²) in [5, 5.41) is 6.07. The Kier molecular flexibility index (Phi) is 7.46. The van der Waals surface area contributed by atoms with Gasteiger partial charge in [0.25, 0.3) is 11.8 Å². The highest BCUT2D eigenvalue weighted by molar-refractivity contribution is 6.34. The maximum atomic E-state index is 12.6. The number of amides is 2. The SMILES string of the molecule is CC(=O)c1cccc(OCC(=O)Nc2ccc(Cl)c(C(=O)NC3CCCCC3)c2)c1. The summed E-state index contributed by atoms with van der Waals surface area (Å²) in [6, 6.07) is 11.6. The van der Waals surface area contributed by atoms with Crippen LogP contribution in [0.25, 0.3) is 0 Å². The van der Waals surface area contributed by atoms with Crippen LogP contribution in [0.4, 0.5) is 5.69 Å². The summed E-state index contributed by atoms with van der Waals surface area (Å²) in [6.07, 6.45) is 5.38. The lowest BCUT2D eigenvalue weighted by molar-refractivity contribution is -0.118. The fourth-order valence-electron chi connectivity index (χ4n) is 3.44. The van der Waals surface area contributed by atoms with Crippen molar-refractivity contribution in [2.75, 3.05) is 11.9 Å². The maximum Gasteiger partial charge on any atom is 0.262 e. The van der Waals surface area contributed by atoms with Gasteiger partial charge in [0.1, 0.15) is 5.75 Å². The van der Waals surface area contributed by atoms with Crippen LogP contribution in [0.5, 0.6) is 5.75 Å². The van der Waals surface area contributed by atoms with E-state index in [2.05, 4.69) is 10.6 Å². The molecule has 2 aromatic rings. The molecule has 0 aromatic heterocycles. The van der Waals surface area contributed by atoms with Crippen molar-refractivity contribution in [1.82, 2.24) is 5.32 Å². The molecule has 3 rings (SSSR count). The van der Waals surface area contributed by atoms with E-state index in [0.29, 0.717) is 27.6 Å². The fourth-order valence-corrected chi connectivity index (χ4v) is 3.64. The topological polar surface area (TPSA) is 84.5 Å². The number of ketones is 1. The summed E-state index contributed by atoms with van der Waals surface area (Å²) < 4.78 is 5.46. The third-order valence-corrected chi connectivity index (χ3v) is 5.38. The summed E-state index contributed by atoms with van der Waals surface area (Å²) in [7, 11) is 0. The highest BCUT2D eigenvalue weighted by Crippen LogP contribution is 2.23. The number of ether oxygens (including phenoxy) is 1.